The minimum atomic E-state index is -3.18. The minimum Gasteiger partial charge on any atom is -0.478 e. The lowest BCUT2D eigenvalue weighted by atomic mass is 10.0. The summed E-state index contributed by atoms with van der Waals surface area (Å²) >= 11 is 0. The van der Waals surface area contributed by atoms with Crippen LogP contribution >= 0.6 is 0 Å². The van der Waals surface area contributed by atoms with E-state index in [1.807, 2.05) is 24.3 Å². The van der Waals surface area contributed by atoms with Gasteiger partial charge in [0.15, 0.2) is 6.10 Å². The number of methoxy groups -OCH3 is 1. The summed E-state index contributed by atoms with van der Waals surface area (Å²) in [5.74, 6) is -1.68. The van der Waals surface area contributed by atoms with E-state index in [0.717, 1.165) is 17.3 Å². The molecule has 0 aliphatic heterocycles. The van der Waals surface area contributed by atoms with Crippen LogP contribution in [0, 0.1) is 5.82 Å². The molecule has 1 unspecified atom stereocenters. The number of carbonyl (C=O) groups is 1. The average molecular weight is 485 g/mol. The third-order valence-corrected chi connectivity index (χ3v) is 5.37. The second-order valence-corrected chi connectivity index (χ2v) is 7.59. The molecule has 0 fully saturated rings. The van der Waals surface area contributed by atoms with Crippen LogP contribution in [-0.4, -0.2) is 40.6 Å². The van der Waals surface area contributed by atoms with Crippen LogP contribution in [0.15, 0.2) is 61.1 Å². The quantitative estimate of drug-likeness (QED) is 0.308. The molecule has 0 bridgehead atoms. The van der Waals surface area contributed by atoms with Gasteiger partial charge in [0, 0.05) is 30.6 Å². The van der Waals surface area contributed by atoms with Crippen molar-refractivity contribution >= 4 is 16.9 Å². The first-order chi connectivity index (χ1) is 16.9. The van der Waals surface area contributed by atoms with Gasteiger partial charge < -0.3 is 14.2 Å². The van der Waals surface area contributed by atoms with Crippen LogP contribution in [0.4, 0.5) is 13.2 Å². The van der Waals surface area contributed by atoms with Crippen molar-refractivity contribution in [2.45, 2.75) is 32.5 Å². The molecular weight excluding hydrogens is 463 g/mol. The fourth-order valence-corrected chi connectivity index (χ4v) is 3.69. The molecule has 4 rings (SSSR count). The zero-order chi connectivity index (χ0) is 24.9. The molecule has 0 amide bonds. The van der Waals surface area contributed by atoms with E-state index in [0.29, 0.717) is 5.56 Å². The number of aromatic nitrogens is 3. The van der Waals surface area contributed by atoms with Crippen molar-refractivity contribution in [3.8, 4) is 17.2 Å². The fraction of sp³-hybridized carbons (Fsp3) is 0.240. The lowest BCUT2D eigenvalue weighted by molar-refractivity contribution is -0.148. The zero-order valence-corrected chi connectivity index (χ0v) is 19.0. The lowest BCUT2D eigenvalue weighted by Gasteiger charge is -2.20. The number of nitrogens with zero attached hydrogens (tertiary/aromatic N) is 3. The van der Waals surface area contributed by atoms with Gasteiger partial charge in [-0.2, -0.15) is 13.9 Å². The molecule has 4 aromatic rings. The van der Waals surface area contributed by atoms with Gasteiger partial charge in [-0.3, -0.25) is 4.98 Å². The SMILES string of the molecule is CCC(Oc1ccc(F)c2ncc(Cc3ccc(-n4cccn4)cc3)c(OC(F)F)c12)C(=O)OC. The number of fused-ring (bicyclic) bond motifs is 1. The van der Waals surface area contributed by atoms with Gasteiger partial charge in [-0.25, -0.2) is 13.9 Å². The molecule has 0 N–H and O–H groups in total. The molecule has 35 heavy (non-hydrogen) atoms. The van der Waals surface area contributed by atoms with Crippen molar-refractivity contribution in [3.05, 3.63) is 78.0 Å². The van der Waals surface area contributed by atoms with Gasteiger partial charge in [0.2, 0.25) is 0 Å². The number of hydrogen-bond donors (Lipinski definition) is 0. The van der Waals surface area contributed by atoms with Gasteiger partial charge in [-0.1, -0.05) is 19.1 Å². The molecule has 2 aromatic heterocycles. The Bertz CT molecular complexity index is 1310. The number of carbonyl (C=O) groups excluding carboxylic acids is 1. The Labute approximate surface area is 199 Å². The number of benzene rings is 2. The van der Waals surface area contributed by atoms with Crippen molar-refractivity contribution in [1.29, 1.82) is 0 Å². The van der Waals surface area contributed by atoms with E-state index in [2.05, 4.69) is 10.1 Å². The standard InChI is InChI=1S/C25H22F3N3O4/c1-3-19(24(32)33-2)34-20-10-9-18(26)22-21(20)23(35-25(27)28)16(14-29-22)13-15-5-7-17(8-6-15)31-12-4-11-30-31/h4-12,14,19,25H,3,13H2,1-2H3. The molecule has 7 nitrogen and oxygen atoms in total. The fourth-order valence-electron chi connectivity index (χ4n) is 3.69. The van der Waals surface area contributed by atoms with Gasteiger partial charge in [-0.15, -0.1) is 0 Å². The lowest BCUT2D eigenvalue weighted by Crippen LogP contribution is -2.27. The highest BCUT2D eigenvalue weighted by molar-refractivity contribution is 5.93. The summed E-state index contributed by atoms with van der Waals surface area (Å²) in [7, 11) is 1.21. The van der Waals surface area contributed by atoms with E-state index in [1.165, 1.54) is 19.4 Å². The highest BCUT2D eigenvalue weighted by atomic mass is 19.3. The molecule has 0 spiro atoms. The normalized spacial score (nSPS) is 12.1. The third-order valence-electron chi connectivity index (χ3n) is 5.37. The third kappa shape index (κ3) is 5.21. The van der Waals surface area contributed by atoms with Crippen molar-refractivity contribution in [2.75, 3.05) is 7.11 Å². The number of alkyl halides is 2. The van der Waals surface area contributed by atoms with Crippen molar-refractivity contribution in [2.24, 2.45) is 0 Å². The molecule has 1 atom stereocenters. The molecule has 0 saturated heterocycles. The second-order valence-electron chi connectivity index (χ2n) is 7.59. The summed E-state index contributed by atoms with van der Waals surface area (Å²) in [6.07, 6.45) is 4.15. The van der Waals surface area contributed by atoms with Crippen LogP contribution in [0.25, 0.3) is 16.6 Å². The smallest absolute Gasteiger partial charge is 0.387 e. The Morgan fingerprint density at radius 1 is 1.11 bits per heavy atom. The van der Waals surface area contributed by atoms with Gasteiger partial charge in [0.1, 0.15) is 22.8 Å². The molecule has 10 heteroatoms. The van der Waals surface area contributed by atoms with Crippen LogP contribution < -0.4 is 9.47 Å². The van der Waals surface area contributed by atoms with Crippen LogP contribution in [0.3, 0.4) is 0 Å². The number of rotatable bonds is 9. The molecular formula is C25H22F3N3O4. The summed E-state index contributed by atoms with van der Waals surface area (Å²) in [6.45, 7) is -1.49. The highest BCUT2D eigenvalue weighted by Gasteiger charge is 2.25. The van der Waals surface area contributed by atoms with Crippen LogP contribution in [-0.2, 0) is 16.0 Å². The Morgan fingerprint density at radius 3 is 2.51 bits per heavy atom. The first kappa shape index (κ1) is 24.1. The molecule has 182 valence electrons. The van der Waals surface area contributed by atoms with Gasteiger partial charge in [0.25, 0.3) is 0 Å². The Morgan fingerprint density at radius 2 is 1.89 bits per heavy atom. The average Bonchev–Trinajstić information content (AvgIpc) is 3.40. The van der Waals surface area contributed by atoms with Gasteiger partial charge in [0.05, 0.1) is 18.2 Å². The van der Waals surface area contributed by atoms with Gasteiger partial charge >= 0.3 is 12.6 Å². The van der Waals surface area contributed by atoms with E-state index in [-0.39, 0.29) is 35.2 Å². The molecule has 0 radical (unpaired) electrons. The number of pyridine rings is 1. The monoisotopic (exact) mass is 485 g/mol. The van der Waals surface area contributed by atoms with Crippen LogP contribution in [0.1, 0.15) is 24.5 Å². The van der Waals surface area contributed by atoms with Crippen LogP contribution in [0.5, 0.6) is 11.5 Å². The van der Waals surface area contributed by atoms with Gasteiger partial charge in [-0.05, 0) is 42.3 Å². The summed E-state index contributed by atoms with van der Waals surface area (Å²) in [6, 6.07) is 11.5. The Balaban J connectivity index is 1.78. The predicted molar refractivity (Wildman–Crippen MR) is 121 cm³/mol. The first-order valence-corrected chi connectivity index (χ1v) is 10.8. The zero-order valence-electron chi connectivity index (χ0n) is 19.0. The van der Waals surface area contributed by atoms with Crippen LogP contribution in [0.2, 0.25) is 0 Å². The van der Waals surface area contributed by atoms with E-state index in [4.69, 9.17) is 14.2 Å². The van der Waals surface area contributed by atoms with Crippen molar-refractivity contribution < 1.29 is 32.2 Å². The highest BCUT2D eigenvalue weighted by Crippen LogP contribution is 2.39. The summed E-state index contributed by atoms with van der Waals surface area (Å²) in [5, 5.41) is 4.08. The second kappa shape index (κ2) is 10.5. The molecule has 0 saturated carbocycles. The Kier molecular flexibility index (Phi) is 7.19. The maximum atomic E-state index is 14.6. The number of esters is 1. The van der Waals surface area contributed by atoms with Crippen molar-refractivity contribution in [3.63, 3.8) is 0 Å². The predicted octanol–water partition coefficient (Wildman–Crippen LogP) is 5.08. The molecule has 2 heterocycles. The summed E-state index contributed by atoms with van der Waals surface area (Å²) in [4.78, 5) is 16.2. The number of ether oxygens (including phenoxy) is 3. The summed E-state index contributed by atoms with van der Waals surface area (Å²) < 4.78 is 58.6. The largest absolute Gasteiger partial charge is 0.478 e. The molecule has 0 aliphatic carbocycles. The molecule has 0 aliphatic rings. The van der Waals surface area contributed by atoms with E-state index < -0.39 is 24.5 Å². The maximum absolute atomic E-state index is 14.6. The maximum Gasteiger partial charge on any atom is 0.387 e. The van der Waals surface area contributed by atoms with Crippen molar-refractivity contribution in [1.82, 2.24) is 14.8 Å². The van der Waals surface area contributed by atoms with E-state index in [1.54, 1.807) is 30.1 Å². The topological polar surface area (TPSA) is 75.5 Å². The first-order valence-electron chi connectivity index (χ1n) is 10.8. The number of hydrogen-bond acceptors (Lipinski definition) is 6. The minimum absolute atomic E-state index is 0.0160. The van der Waals surface area contributed by atoms with E-state index in [9.17, 15) is 18.0 Å². The Hall–Kier alpha value is -4.08. The number of halogens is 3. The molecule has 2 aromatic carbocycles. The van der Waals surface area contributed by atoms with E-state index >= 15 is 0 Å². The summed E-state index contributed by atoms with van der Waals surface area (Å²) in [5.41, 5.74) is 1.69.